The molecule has 0 radical (unpaired) electrons. The van der Waals surface area contributed by atoms with Crippen LogP contribution in [0.25, 0.3) is 11.1 Å². The molecule has 2 heterocycles. The second-order valence-corrected chi connectivity index (χ2v) is 8.45. The smallest absolute Gasteiger partial charge is 0.257 e. The number of nitrogens with zero attached hydrogens (tertiary/aromatic N) is 1. The lowest BCUT2D eigenvalue weighted by atomic mass is 9.88. The van der Waals surface area contributed by atoms with Gasteiger partial charge in [-0.2, -0.15) is 0 Å². The summed E-state index contributed by atoms with van der Waals surface area (Å²) in [6.45, 7) is 0.457. The Bertz CT molecular complexity index is 1280. The van der Waals surface area contributed by atoms with Gasteiger partial charge in [0.05, 0.1) is 12.6 Å². The number of ether oxygens (including phenoxy) is 1. The first-order chi connectivity index (χ1) is 15.8. The average molecular weight is 418 g/mol. The molecule has 32 heavy (non-hydrogen) atoms. The zero-order valence-electron chi connectivity index (χ0n) is 17.6. The van der Waals surface area contributed by atoms with E-state index in [1.165, 1.54) is 0 Å². The molecule has 2 atom stereocenters. The van der Waals surface area contributed by atoms with E-state index < -0.39 is 5.72 Å². The maximum absolute atomic E-state index is 14.2. The maximum atomic E-state index is 14.2. The molecule has 2 unspecified atom stereocenters. The van der Waals surface area contributed by atoms with Crippen LogP contribution in [-0.4, -0.2) is 17.4 Å². The van der Waals surface area contributed by atoms with Gasteiger partial charge in [-0.05, 0) is 28.3 Å². The summed E-state index contributed by atoms with van der Waals surface area (Å²) < 4.78 is 6.73. The lowest BCUT2D eigenvalue weighted by Crippen LogP contribution is -2.47. The monoisotopic (exact) mass is 417 g/mol. The molecule has 1 fully saturated rings. The summed E-state index contributed by atoms with van der Waals surface area (Å²) in [7, 11) is 0. The summed E-state index contributed by atoms with van der Waals surface area (Å²) in [6, 6.07) is 36.6. The Morgan fingerprint density at radius 1 is 0.719 bits per heavy atom. The largest absolute Gasteiger partial charge is 0.348 e. The van der Waals surface area contributed by atoms with Crippen molar-refractivity contribution in [2.24, 2.45) is 0 Å². The van der Waals surface area contributed by atoms with E-state index in [4.69, 9.17) is 4.74 Å². The lowest BCUT2D eigenvalue weighted by molar-refractivity contribution is -0.0750. The summed E-state index contributed by atoms with van der Waals surface area (Å²) in [5, 5.41) is 0. The highest BCUT2D eigenvalue weighted by molar-refractivity contribution is 6.03. The van der Waals surface area contributed by atoms with Crippen molar-refractivity contribution in [3.05, 3.63) is 131 Å². The van der Waals surface area contributed by atoms with Crippen LogP contribution in [0.4, 0.5) is 0 Å². The zero-order chi connectivity index (χ0) is 21.5. The second-order valence-electron chi connectivity index (χ2n) is 8.45. The van der Waals surface area contributed by atoms with Crippen molar-refractivity contribution in [3.63, 3.8) is 0 Å². The molecule has 0 N–H and O–H groups in total. The first kappa shape index (κ1) is 19.0. The molecule has 3 heteroatoms. The van der Waals surface area contributed by atoms with Crippen molar-refractivity contribution >= 4 is 5.91 Å². The standard InChI is InChI=1S/C29H23NO2/c31-28-25-17-8-7-15-23(25)24-16-9-10-18-26(24)29(19-21-11-3-1-4-12-21)30(28)27(20-32-29)22-13-5-2-6-14-22/h1-18,27H,19-20H2. The molecule has 0 spiro atoms. The van der Waals surface area contributed by atoms with E-state index >= 15 is 0 Å². The first-order valence-electron chi connectivity index (χ1n) is 11.0. The van der Waals surface area contributed by atoms with Gasteiger partial charge in [-0.1, -0.05) is 103 Å². The summed E-state index contributed by atoms with van der Waals surface area (Å²) in [6.07, 6.45) is 0.591. The van der Waals surface area contributed by atoms with Crippen LogP contribution in [0.3, 0.4) is 0 Å². The molecule has 4 aromatic rings. The number of hydrogen-bond donors (Lipinski definition) is 0. The number of rotatable bonds is 3. The fraction of sp³-hybridized carbons (Fsp3) is 0.138. The molecule has 0 bridgehead atoms. The van der Waals surface area contributed by atoms with E-state index in [1.54, 1.807) is 0 Å². The third-order valence-electron chi connectivity index (χ3n) is 6.67. The molecule has 1 saturated heterocycles. The Morgan fingerprint density at radius 2 is 1.31 bits per heavy atom. The van der Waals surface area contributed by atoms with E-state index in [2.05, 4.69) is 36.4 Å². The summed E-state index contributed by atoms with van der Waals surface area (Å²) >= 11 is 0. The van der Waals surface area contributed by atoms with Crippen LogP contribution in [0.1, 0.15) is 33.1 Å². The number of benzene rings is 4. The quantitative estimate of drug-likeness (QED) is 0.411. The SMILES string of the molecule is O=C1c2ccccc2-c2ccccc2C2(Cc3ccccc3)OCC(c3ccccc3)N12. The van der Waals surface area contributed by atoms with Crippen LogP contribution in [0, 0.1) is 0 Å². The van der Waals surface area contributed by atoms with E-state index in [1.807, 2.05) is 77.7 Å². The molecule has 0 saturated carbocycles. The number of amides is 1. The minimum atomic E-state index is -0.880. The van der Waals surface area contributed by atoms with Crippen molar-refractivity contribution in [2.45, 2.75) is 18.2 Å². The van der Waals surface area contributed by atoms with Gasteiger partial charge in [-0.25, -0.2) is 0 Å². The van der Waals surface area contributed by atoms with Crippen molar-refractivity contribution in [1.82, 2.24) is 4.90 Å². The van der Waals surface area contributed by atoms with Gasteiger partial charge in [-0.15, -0.1) is 0 Å². The highest BCUT2D eigenvalue weighted by atomic mass is 16.5. The fourth-order valence-corrected chi connectivity index (χ4v) is 5.24. The van der Waals surface area contributed by atoms with Gasteiger partial charge >= 0.3 is 0 Å². The third kappa shape index (κ3) is 2.82. The number of hydrogen-bond acceptors (Lipinski definition) is 2. The third-order valence-corrected chi connectivity index (χ3v) is 6.67. The topological polar surface area (TPSA) is 29.5 Å². The summed E-state index contributed by atoms with van der Waals surface area (Å²) in [4.78, 5) is 16.2. The van der Waals surface area contributed by atoms with Crippen LogP contribution in [-0.2, 0) is 16.9 Å². The molecule has 3 nitrogen and oxygen atoms in total. The Hall–Kier alpha value is -3.69. The molecule has 2 aliphatic rings. The van der Waals surface area contributed by atoms with Crippen LogP contribution in [0.5, 0.6) is 0 Å². The average Bonchev–Trinajstić information content (AvgIpc) is 3.21. The number of carbonyl (C=O) groups is 1. The highest BCUT2D eigenvalue weighted by Crippen LogP contribution is 2.51. The predicted octanol–water partition coefficient (Wildman–Crippen LogP) is 5.98. The van der Waals surface area contributed by atoms with Gasteiger partial charge in [0, 0.05) is 17.5 Å². The molecule has 0 aliphatic carbocycles. The van der Waals surface area contributed by atoms with Crippen LogP contribution < -0.4 is 0 Å². The van der Waals surface area contributed by atoms with Crippen LogP contribution in [0.15, 0.2) is 109 Å². The van der Waals surface area contributed by atoms with E-state index in [0.29, 0.717) is 13.0 Å². The minimum absolute atomic E-state index is 0.0130. The van der Waals surface area contributed by atoms with Gasteiger partial charge in [0.25, 0.3) is 5.91 Å². The van der Waals surface area contributed by atoms with E-state index in [0.717, 1.165) is 33.4 Å². The zero-order valence-corrected chi connectivity index (χ0v) is 17.6. The van der Waals surface area contributed by atoms with Crippen molar-refractivity contribution in [1.29, 1.82) is 0 Å². The molecule has 4 aromatic carbocycles. The Labute approximate surface area is 187 Å². The molecule has 6 rings (SSSR count). The molecule has 0 aromatic heterocycles. The summed E-state index contributed by atoms with van der Waals surface area (Å²) in [5.74, 6) is 0.0130. The molecule has 156 valence electrons. The van der Waals surface area contributed by atoms with Gasteiger partial charge in [-0.3, -0.25) is 9.69 Å². The minimum Gasteiger partial charge on any atom is -0.348 e. The Balaban J connectivity index is 1.63. The van der Waals surface area contributed by atoms with E-state index in [9.17, 15) is 4.79 Å². The van der Waals surface area contributed by atoms with Crippen molar-refractivity contribution in [3.8, 4) is 11.1 Å². The van der Waals surface area contributed by atoms with Gasteiger partial charge in [0.15, 0.2) is 5.72 Å². The molecular formula is C29H23NO2. The van der Waals surface area contributed by atoms with Crippen molar-refractivity contribution < 1.29 is 9.53 Å². The Kier molecular flexibility index (Phi) is 4.44. The second kappa shape index (κ2) is 7.47. The van der Waals surface area contributed by atoms with E-state index in [-0.39, 0.29) is 11.9 Å². The first-order valence-corrected chi connectivity index (χ1v) is 11.0. The molecule has 1 amide bonds. The van der Waals surface area contributed by atoms with Crippen molar-refractivity contribution in [2.75, 3.05) is 6.61 Å². The number of fused-ring (bicyclic) bond motifs is 5. The summed E-state index contributed by atoms with van der Waals surface area (Å²) in [5.41, 5.74) is 5.14. The maximum Gasteiger partial charge on any atom is 0.257 e. The molecule has 2 aliphatic heterocycles. The van der Waals surface area contributed by atoms with Gasteiger partial charge in [0.1, 0.15) is 0 Å². The predicted molar refractivity (Wildman–Crippen MR) is 125 cm³/mol. The van der Waals surface area contributed by atoms with Gasteiger partial charge in [0.2, 0.25) is 0 Å². The highest BCUT2D eigenvalue weighted by Gasteiger charge is 2.54. The lowest BCUT2D eigenvalue weighted by Gasteiger charge is -2.39. The van der Waals surface area contributed by atoms with Crippen LogP contribution in [0.2, 0.25) is 0 Å². The van der Waals surface area contributed by atoms with Gasteiger partial charge < -0.3 is 4.74 Å². The fourth-order valence-electron chi connectivity index (χ4n) is 5.24. The van der Waals surface area contributed by atoms with Crippen LogP contribution >= 0.6 is 0 Å². The molecular weight excluding hydrogens is 394 g/mol. The number of carbonyl (C=O) groups excluding carboxylic acids is 1. The Morgan fingerprint density at radius 3 is 2.06 bits per heavy atom. The normalized spacial score (nSPS) is 21.4.